The Hall–Kier alpha value is -2.60. The van der Waals surface area contributed by atoms with E-state index in [2.05, 4.69) is 96.2 Å². The van der Waals surface area contributed by atoms with Gasteiger partial charge in [0.15, 0.2) is 8.32 Å². The average molecular weight is 549 g/mol. The molecular weight excluding hydrogens is 500 g/mol. The molecular formula is C34H48O4Si. The van der Waals surface area contributed by atoms with Crippen molar-refractivity contribution in [2.75, 3.05) is 27.4 Å². The second-order valence-electron chi connectivity index (χ2n) is 12.0. The van der Waals surface area contributed by atoms with E-state index in [1.807, 2.05) is 30.3 Å². The van der Waals surface area contributed by atoms with Gasteiger partial charge < -0.3 is 18.6 Å². The van der Waals surface area contributed by atoms with Crippen LogP contribution in [0.5, 0.6) is 11.5 Å². The van der Waals surface area contributed by atoms with Crippen LogP contribution in [0.3, 0.4) is 0 Å². The predicted molar refractivity (Wildman–Crippen MR) is 164 cm³/mol. The van der Waals surface area contributed by atoms with E-state index in [9.17, 15) is 0 Å². The van der Waals surface area contributed by atoms with E-state index in [0.717, 1.165) is 41.0 Å². The molecule has 0 aliphatic carbocycles. The predicted octanol–water partition coefficient (Wildman–Crippen LogP) is 8.84. The van der Waals surface area contributed by atoms with Crippen molar-refractivity contribution in [3.8, 4) is 11.5 Å². The maximum atomic E-state index is 7.29. The van der Waals surface area contributed by atoms with E-state index in [0.29, 0.717) is 13.2 Å². The summed E-state index contributed by atoms with van der Waals surface area (Å²) < 4.78 is 25.1. The van der Waals surface area contributed by atoms with Crippen LogP contribution in [0.15, 0.2) is 78.9 Å². The van der Waals surface area contributed by atoms with Gasteiger partial charge in [0.2, 0.25) is 0 Å². The summed E-state index contributed by atoms with van der Waals surface area (Å²) in [6, 6.07) is 27.0. The van der Waals surface area contributed by atoms with Crippen molar-refractivity contribution >= 4 is 8.32 Å². The van der Waals surface area contributed by atoms with Gasteiger partial charge in [0, 0.05) is 12.0 Å². The summed E-state index contributed by atoms with van der Waals surface area (Å²) in [6.45, 7) is 17.3. The van der Waals surface area contributed by atoms with Crippen LogP contribution in [-0.4, -0.2) is 35.8 Å². The minimum absolute atomic E-state index is 0.117. The van der Waals surface area contributed by atoms with Gasteiger partial charge in [0.1, 0.15) is 17.1 Å². The van der Waals surface area contributed by atoms with Crippen LogP contribution in [-0.2, 0) is 14.8 Å². The van der Waals surface area contributed by atoms with E-state index >= 15 is 0 Å². The molecule has 0 unspecified atom stereocenters. The Balaban J connectivity index is 2.13. The highest BCUT2D eigenvalue weighted by atomic mass is 28.4. The van der Waals surface area contributed by atoms with Crippen LogP contribution >= 0.6 is 0 Å². The number of benzene rings is 3. The molecule has 5 heteroatoms. The van der Waals surface area contributed by atoms with E-state index < -0.39 is 13.9 Å². The van der Waals surface area contributed by atoms with Gasteiger partial charge in [-0.2, -0.15) is 0 Å². The number of rotatable bonds is 13. The Morgan fingerprint density at radius 2 is 1.05 bits per heavy atom. The van der Waals surface area contributed by atoms with Crippen molar-refractivity contribution in [3.63, 3.8) is 0 Å². The molecule has 212 valence electrons. The first kappa shape index (κ1) is 30.9. The van der Waals surface area contributed by atoms with E-state index in [-0.39, 0.29) is 10.5 Å². The molecule has 0 radical (unpaired) electrons. The molecule has 3 aromatic carbocycles. The second-order valence-corrected chi connectivity index (χ2v) is 16.9. The zero-order valence-electron chi connectivity index (χ0n) is 25.5. The quantitative estimate of drug-likeness (QED) is 0.158. The molecule has 0 spiro atoms. The van der Waals surface area contributed by atoms with Gasteiger partial charge in [-0.25, -0.2) is 0 Å². The molecule has 0 atom stereocenters. The summed E-state index contributed by atoms with van der Waals surface area (Å²) in [7, 11) is 1.47. The third kappa shape index (κ3) is 6.76. The lowest BCUT2D eigenvalue weighted by atomic mass is 9.78. The van der Waals surface area contributed by atoms with Crippen LogP contribution in [0.4, 0.5) is 0 Å². The third-order valence-corrected chi connectivity index (χ3v) is 13.3. The van der Waals surface area contributed by atoms with Crippen LogP contribution in [0.25, 0.3) is 0 Å². The van der Waals surface area contributed by atoms with Crippen LogP contribution in [0.1, 0.15) is 64.2 Å². The van der Waals surface area contributed by atoms with Crippen molar-refractivity contribution < 1.29 is 18.6 Å². The van der Waals surface area contributed by atoms with Gasteiger partial charge in [-0.3, -0.25) is 0 Å². The molecule has 4 nitrogen and oxygen atoms in total. The molecule has 0 aliphatic heterocycles. The first-order chi connectivity index (χ1) is 18.5. The first-order valence-corrected chi connectivity index (χ1v) is 17.0. The van der Waals surface area contributed by atoms with E-state index in [4.69, 9.17) is 18.6 Å². The summed E-state index contributed by atoms with van der Waals surface area (Å²) >= 11 is 0. The Bertz CT molecular complexity index is 1100. The van der Waals surface area contributed by atoms with Crippen LogP contribution < -0.4 is 9.47 Å². The molecule has 0 saturated carbocycles. The zero-order chi connectivity index (χ0) is 28.7. The highest BCUT2D eigenvalue weighted by Crippen LogP contribution is 2.44. The lowest BCUT2D eigenvalue weighted by Gasteiger charge is -2.43. The first-order valence-electron chi connectivity index (χ1n) is 14.1. The SMILES string of the molecule is CCC(CC)(COC(c1ccccc1)(c1ccc(OC)cc1)c1ccc(OC)cc1)CO[Si](C)(C)C(C)(C)C. The van der Waals surface area contributed by atoms with Crippen LogP contribution in [0.2, 0.25) is 18.1 Å². The molecule has 0 N–H and O–H groups in total. The van der Waals surface area contributed by atoms with Gasteiger partial charge in [0.25, 0.3) is 0 Å². The monoisotopic (exact) mass is 548 g/mol. The number of methoxy groups -OCH3 is 2. The molecule has 0 aromatic heterocycles. The molecule has 0 aliphatic rings. The second kappa shape index (κ2) is 12.7. The smallest absolute Gasteiger partial charge is 0.192 e. The summed E-state index contributed by atoms with van der Waals surface area (Å²) in [5.74, 6) is 1.63. The molecule has 0 saturated heterocycles. The fourth-order valence-corrected chi connectivity index (χ4v) is 5.69. The lowest BCUT2D eigenvalue weighted by Crippen LogP contribution is -2.46. The van der Waals surface area contributed by atoms with E-state index in [1.54, 1.807) is 14.2 Å². The van der Waals surface area contributed by atoms with Gasteiger partial charge in [-0.05, 0) is 71.9 Å². The lowest BCUT2D eigenvalue weighted by molar-refractivity contribution is -0.0599. The standard InChI is InChI=1S/C34H48O4Si/c1-10-33(11-2,26-38-39(8,9)32(3,4)5)25-37-34(27-15-13-12-14-16-27,28-17-21-30(35-6)22-18-28)29-19-23-31(36-7)24-20-29/h12-24H,10-11,25-26H2,1-9H3. The van der Waals surface area contributed by atoms with Crippen molar-refractivity contribution in [2.45, 2.75) is 71.2 Å². The Morgan fingerprint density at radius 3 is 1.44 bits per heavy atom. The van der Waals surface area contributed by atoms with Gasteiger partial charge in [-0.1, -0.05) is 89.2 Å². The van der Waals surface area contributed by atoms with E-state index in [1.165, 1.54) is 0 Å². The fraction of sp³-hybridized carbons (Fsp3) is 0.471. The summed E-state index contributed by atoms with van der Waals surface area (Å²) in [5.41, 5.74) is 2.23. The van der Waals surface area contributed by atoms with Gasteiger partial charge in [-0.15, -0.1) is 0 Å². The normalized spacial score (nSPS) is 12.8. The number of ether oxygens (including phenoxy) is 3. The zero-order valence-corrected chi connectivity index (χ0v) is 26.5. The van der Waals surface area contributed by atoms with Crippen molar-refractivity contribution in [1.82, 2.24) is 0 Å². The minimum atomic E-state index is -1.92. The number of hydrogen-bond acceptors (Lipinski definition) is 4. The topological polar surface area (TPSA) is 36.9 Å². The van der Waals surface area contributed by atoms with Crippen LogP contribution in [0, 0.1) is 5.41 Å². The molecule has 0 amide bonds. The Labute approximate surface area is 237 Å². The van der Waals surface area contributed by atoms with Crippen molar-refractivity contribution in [1.29, 1.82) is 0 Å². The van der Waals surface area contributed by atoms with Crippen molar-refractivity contribution in [2.24, 2.45) is 5.41 Å². The molecule has 39 heavy (non-hydrogen) atoms. The summed E-state index contributed by atoms with van der Waals surface area (Å²) in [6.07, 6.45) is 1.93. The molecule has 0 heterocycles. The average Bonchev–Trinajstić information content (AvgIpc) is 2.95. The molecule has 0 bridgehead atoms. The Morgan fingerprint density at radius 1 is 0.615 bits per heavy atom. The molecule has 3 rings (SSSR count). The fourth-order valence-electron chi connectivity index (χ4n) is 4.59. The third-order valence-electron chi connectivity index (χ3n) is 8.81. The highest BCUT2D eigenvalue weighted by molar-refractivity contribution is 6.74. The summed E-state index contributed by atoms with van der Waals surface area (Å²) in [4.78, 5) is 0. The highest BCUT2D eigenvalue weighted by Gasteiger charge is 2.43. The van der Waals surface area contributed by atoms with Gasteiger partial charge in [0.05, 0.1) is 20.8 Å². The van der Waals surface area contributed by atoms with Gasteiger partial charge >= 0.3 is 0 Å². The largest absolute Gasteiger partial charge is 0.497 e. The minimum Gasteiger partial charge on any atom is -0.497 e. The molecule has 0 fully saturated rings. The van der Waals surface area contributed by atoms with Crippen molar-refractivity contribution in [3.05, 3.63) is 95.6 Å². The Kier molecular flexibility index (Phi) is 10.1. The summed E-state index contributed by atoms with van der Waals surface area (Å²) in [5, 5.41) is 0.154. The maximum absolute atomic E-state index is 7.29. The number of hydrogen-bond donors (Lipinski definition) is 0. The maximum Gasteiger partial charge on any atom is 0.192 e. The molecule has 3 aromatic rings.